The van der Waals surface area contributed by atoms with E-state index in [1.807, 2.05) is 18.2 Å². The molecule has 0 bridgehead atoms. The summed E-state index contributed by atoms with van der Waals surface area (Å²) >= 11 is 0. The number of amides is 1. The summed E-state index contributed by atoms with van der Waals surface area (Å²) in [5, 5.41) is 0. The molecular formula is C23H22N4O3S. The lowest BCUT2D eigenvalue weighted by Crippen LogP contribution is -2.50. The number of hydrogen-bond acceptors (Lipinski definition) is 6. The fraction of sp³-hybridized carbons (Fsp3) is 0.217. The fourth-order valence-corrected chi connectivity index (χ4v) is 5.81. The van der Waals surface area contributed by atoms with Crippen LogP contribution in [0.2, 0.25) is 0 Å². The number of hydrogen-bond donors (Lipinski definition) is 0. The number of para-hydroxylation sites is 2. The number of aromatic nitrogens is 1. The van der Waals surface area contributed by atoms with Crippen LogP contribution in [0.5, 0.6) is 0 Å². The maximum atomic E-state index is 13.4. The Kier molecular flexibility index (Phi) is 4.95. The monoisotopic (exact) mass is 434 g/mol. The van der Waals surface area contributed by atoms with Crippen molar-refractivity contribution in [1.29, 1.82) is 0 Å². The Hall–Kier alpha value is -3.23. The smallest absolute Gasteiger partial charge is 0.245 e. The summed E-state index contributed by atoms with van der Waals surface area (Å²) in [7, 11) is -3.66. The van der Waals surface area contributed by atoms with Crippen LogP contribution < -0.4 is 9.80 Å². The molecule has 3 heterocycles. The summed E-state index contributed by atoms with van der Waals surface area (Å²) in [4.78, 5) is 24.0. The van der Waals surface area contributed by atoms with E-state index >= 15 is 0 Å². The summed E-state index contributed by atoms with van der Waals surface area (Å²) in [6.07, 6.45) is 1.78. The van der Waals surface area contributed by atoms with Crippen molar-refractivity contribution in [3.8, 4) is 0 Å². The van der Waals surface area contributed by atoms with Gasteiger partial charge in [-0.25, -0.2) is 13.4 Å². The molecule has 0 aliphatic carbocycles. The van der Waals surface area contributed by atoms with Gasteiger partial charge >= 0.3 is 0 Å². The van der Waals surface area contributed by atoms with Crippen molar-refractivity contribution < 1.29 is 13.2 Å². The third-order valence-electron chi connectivity index (χ3n) is 5.75. The topological polar surface area (TPSA) is 73.8 Å². The second kappa shape index (κ2) is 7.79. The van der Waals surface area contributed by atoms with Crippen molar-refractivity contribution in [2.75, 3.05) is 42.5 Å². The minimum absolute atomic E-state index is 0.138. The molecule has 8 heteroatoms. The minimum Gasteiger partial charge on any atom is -0.354 e. The van der Waals surface area contributed by atoms with Crippen LogP contribution >= 0.6 is 0 Å². The standard InChI is InChI=1S/C23H22N4O3S/c28-23(17-25-13-15-26(16-14-25)22-11-5-6-12-24-22)27-18-7-1-3-9-20(18)31(29,30)21-10-4-2-8-19(21)27/h1-12H,13-17H2. The number of piperazine rings is 1. The van der Waals surface area contributed by atoms with Crippen LogP contribution in [0.15, 0.2) is 82.7 Å². The van der Waals surface area contributed by atoms with E-state index in [0.29, 0.717) is 11.4 Å². The molecule has 0 spiro atoms. The van der Waals surface area contributed by atoms with Crippen LogP contribution in [0.3, 0.4) is 0 Å². The van der Waals surface area contributed by atoms with Crippen molar-refractivity contribution in [2.24, 2.45) is 0 Å². The quantitative estimate of drug-likeness (QED) is 0.631. The highest BCUT2D eigenvalue weighted by Crippen LogP contribution is 2.43. The van der Waals surface area contributed by atoms with Crippen LogP contribution in [0, 0.1) is 0 Å². The van der Waals surface area contributed by atoms with E-state index in [2.05, 4.69) is 14.8 Å². The van der Waals surface area contributed by atoms with Gasteiger partial charge in [-0.3, -0.25) is 14.6 Å². The molecule has 2 aromatic carbocycles. The number of carbonyl (C=O) groups excluding carboxylic acids is 1. The van der Waals surface area contributed by atoms with Gasteiger partial charge in [-0.05, 0) is 36.4 Å². The number of fused-ring (bicyclic) bond motifs is 2. The van der Waals surface area contributed by atoms with Gasteiger partial charge in [0, 0.05) is 32.4 Å². The maximum absolute atomic E-state index is 13.4. The molecule has 1 saturated heterocycles. The van der Waals surface area contributed by atoms with Gasteiger partial charge in [0.25, 0.3) is 0 Å². The third kappa shape index (κ3) is 3.47. The Labute approximate surface area is 181 Å². The summed E-state index contributed by atoms with van der Waals surface area (Å²) in [5.41, 5.74) is 0.830. The molecule has 0 saturated carbocycles. The van der Waals surface area contributed by atoms with Crippen molar-refractivity contribution in [3.05, 3.63) is 72.9 Å². The predicted molar refractivity (Wildman–Crippen MR) is 118 cm³/mol. The molecule has 1 amide bonds. The van der Waals surface area contributed by atoms with Crippen LogP contribution in [0.1, 0.15) is 0 Å². The molecule has 5 rings (SSSR count). The summed E-state index contributed by atoms with van der Waals surface area (Å²) in [6.45, 7) is 3.26. The Morgan fingerprint density at radius 2 is 1.39 bits per heavy atom. The first-order valence-electron chi connectivity index (χ1n) is 10.2. The molecule has 31 heavy (non-hydrogen) atoms. The SMILES string of the molecule is O=C(CN1CCN(c2ccccn2)CC1)N1c2ccccc2S(=O)(=O)c2ccccc21. The van der Waals surface area contributed by atoms with E-state index < -0.39 is 9.84 Å². The maximum Gasteiger partial charge on any atom is 0.245 e. The fourth-order valence-electron chi connectivity index (χ4n) is 4.19. The lowest BCUT2D eigenvalue weighted by atomic mass is 10.2. The Morgan fingerprint density at radius 3 is 1.97 bits per heavy atom. The second-order valence-electron chi connectivity index (χ2n) is 7.62. The largest absolute Gasteiger partial charge is 0.354 e. The Bertz CT molecular complexity index is 1170. The predicted octanol–water partition coefficient (Wildman–Crippen LogP) is 2.71. The molecule has 0 radical (unpaired) electrons. The van der Waals surface area contributed by atoms with Gasteiger partial charge in [-0.2, -0.15) is 0 Å². The molecular weight excluding hydrogens is 412 g/mol. The van der Waals surface area contributed by atoms with Gasteiger partial charge in [0.05, 0.1) is 27.7 Å². The number of benzene rings is 2. The lowest BCUT2D eigenvalue weighted by Gasteiger charge is -2.37. The highest BCUT2D eigenvalue weighted by molar-refractivity contribution is 7.92. The lowest BCUT2D eigenvalue weighted by molar-refractivity contribution is -0.119. The number of rotatable bonds is 3. The van der Waals surface area contributed by atoms with Crippen LogP contribution in [0.4, 0.5) is 17.2 Å². The zero-order valence-electron chi connectivity index (χ0n) is 16.9. The normalized spacial score (nSPS) is 17.7. The van der Waals surface area contributed by atoms with Crippen molar-refractivity contribution >= 4 is 32.9 Å². The molecule has 0 atom stereocenters. The zero-order valence-corrected chi connectivity index (χ0v) is 17.7. The minimum atomic E-state index is -3.66. The molecule has 0 unspecified atom stereocenters. The van der Waals surface area contributed by atoms with E-state index in [-0.39, 0.29) is 22.2 Å². The average Bonchev–Trinajstić information content (AvgIpc) is 2.80. The van der Waals surface area contributed by atoms with E-state index in [4.69, 9.17) is 0 Å². The first-order chi connectivity index (χ1) is 15.1. The zero-order chi connectivity index (χ0) is 21.4. The Balaban J connectivity index is 1.38. The van der Waals surface area contributed by atoms with E-state index in [1.54, 1.807) is 59.6 Å². The number of anilines is 3. The molecule has 2 aliphatic rings. The van der Waals surface area contributed by atoms with E-state index in [0.717, 1.165) is 32.0 Å². The van der Waals surface area contributed by atoms with E-state index in [9.17, 15) is 13.2 Å². The van der Waals surface area contributed by atoms with Gasteiger partial charge in [0.2, 0.25) is 15.7 Å². The van der Waals surface area contributed by atoms with Gasteiger partial charge in [0.15, 0.2) is 0 Å². The van der Waals surface area contributed by atoms with Crippen molar-refractivity contribution in [3.63, 3.8) is 0 Å². The molecule has 1 aromatic heterocycles. The van der Waals surface area contributed by atoms with E-state index in [1.165, 1.54) is 0 Å². The van der Waals surface area contributed by atoms with Gasteiger partial charge < -0.3 is 4.90 Å². The molecule has 1 fully saturated rings. The number of sulfone groups is 1. The van der Waals surface area contributed by atoms with Gasteiger partial charge in [-0.15, -0.1) is 0 Å². The van der Waals surface area contributed by atoms with Crippen LogP contribution in [-0.2, 0) is 14.6 Å². The highest BCUT2D eigenvalue weighted by Gasteiger charge is 2.37. The highest BCUT2D eigenvalue weighted by atomic mass is 32.2. The number of carbonyl (C=O) groups is 1. The number of nitrogens with zero attached hydrogens (tertiary/aromatic N) is 4. The molecule has 2 aliphatic heterocycles. The summed E-state index contributed by atoms with van der Waals surface area (Å²) in [5.74, 6) is 0.804. The average molecular weight is 435 g/mol. The summed E-state index contributed by atoms with van der Waals surface area (Å²) < 4.78 is 26.1. The van der Waals surface area contributed by atoms with Crippen molar-refractivity contribution in [1.82, 2.24) is 9.88 Å². The second-order valence-corrected chi connectivity index (χ2v) is 9.51. The molecule has 0 N–H and O–H groups in total. The van der Waals surface area contributed by atoms with Crippen molar-refractivity contribution in [2.45, 2.75) is 9.79 Å². The Morgan fingerprint density at radius 1 is 0.806 bits per heavy atom. The molecule has 3 aromatic rings. The van der Waals surface area contributed by atoms with Gasteiger partial charge in [-0.1, -0.05) is 30.3 Å². The molecule has 158 valence electrons. The summed E-state index contributed by atoms with van der Waals surface area (Å²) in [6, 6.07) is 19.3. The third-order valence-corrected chi connectivity index (χ3v) is 7.59. The first-order valence-corrected chi connectivity index (χ1v) is 11.7. The number of pyridine rings is 1. The van der Waals surface area contributed by atoms with Gasteiger partial charge in [0.1, 0.15) is 5.82 Å². The first kappa shape index (κ1) is 19.7. The van der Waals surface area contributed by atoms with Crippen LogP contribution in [0.25, 0.3) is 0 Å². The molecule has 7 nitrogen and oxygen atoms in total. The van der Waals surface area contributed by atoms with Crippen LogP contribution in [-0.4, -0.2) is 56.9 Å².